The number of aryl methyl sites for hydroxylation is 1. The largest absolute Gasteiger partial charge is 0.386 e. The summed E-state index contributed by atoms with van der Waals surface area (Å²) in [4.78, 5) is 8.30. The van der Waals surface area contributed by atoms with Gasteiger partial charge in [0.25, 0.3) is 0 Å². The van der Waals surface area contributed by atoms with Gasteiger partial charge in [-0.05, 0) is 18.6 Å². The van der Waals surface area contributed by atoms with E-state index in [1.54, 1.807) is 18.7 Å². The quantitative estimate of drug-likeness (QED) is 0.855. The number of imidazole rings is 1. The van der Waals surface area contributed by atoms with Crippen LogP contribution in [0.3, 0.4) is 0 Å². The average Bonchev–Trinajstić information content (AvgIpc) is 2.79. The van der Waals surface area contributed by atoms with Gasteiger partial charge in [-0.1, -0.05) is 13.0 Å². The molecule has 1 atom stereocenters. The molecule has 2 aromatic heterocycles. The Bertz CT molecular complexity index is 453. The minimum Gasteiger partial charge on any atom is -0.386 e. The van der Waals surface area contributed by atoms with Crippen LogP contribution in [-0.2, 0) is 13.0 Å². The van der Waals surface area contributed by atoms with Gasteiger partial charge in [-0.25, -0.2) is 4.98 Å². The lowest BCUT2D eigenvalue weighted by atomic mass is 10.1. The van der Waals surface area contributed by atoms with Crippen molar-refractivity contribution in [1.82, 2.24) is 14.5 Å². The molecule has 0 saturated carbocycles. The number of pyridine rings is 1. The summed E-state index contributed by atoms with van der Waals surface area (Å²) in [6, 6.07) is 5.72. The summed E-state index contributed by atoms with van der Waals surface area (Å²) in [5, 5.41) is 10.2. The summed E-state index contributed by atoms with van der Waals surface area (Å²) in [5.41, 5.74) is 1.75. The molecular weight excluding hydrogens is 214 g/mol. The standard InChI is InChI=1S/C13H17N3O/c1-2-7-16-10-14-9-12(16)13(17)8-11-5-3-4-6-15-11/h3-6,9-10,13,17H,2,7-8H2,1H3. The minimum absolute atomic E-state index is 0.524. The summed E-state index contributed by atoms with van der Waals surface area (Å²) >= 11 is 0. The van der Waals surface area contributed by atoms with Crippen LogP contribution in [0.15, 0.2) is 36.9 Å². The van der Waals surface area contributed by atoms with E-state index in [1.165, 1.54) is 0 Å². The molecule has 2 aromatic rings. The molecule has 0 amide bonds. The molecule has 0 spiro atoms. The zero-order valence-electron chi connectivity index (χ0n) is 9.95. The maximum absolute atomic E-state index is 10.2. The first kappa shape index (κ1) is 11.8. The number of hydrogen-bond acceptors (Lipinski definition) is 3. The lowest BCUT2D eigenvalue weighted by Gasteiger charge is -2.12. The Morgan fingerprint density at radius 1 is 1.41 bits per heavy atom. The van der Waals surface area contributed by atoms with Crippen molar-refractivity contribution in [3.05, 3.63) is 48.3 Å². The molecule has 0 aromatic carbocycles. The Balaban J connectivity index is 2.09. The first-order valence-electron chi connectivity index (χ1n) is 5.89. The van der Waals surface area contributed by atoms with Crippen LogP contribution in [0.1, 0.15) is 30.8 Å². The fourth-order valence-electron chi connectivity index (χ4n) is 1.86. The van der Waals surface area contributed by atoms with Crippen molar-refractivity contribution in [2.24, 2.45) is 0 Å². The molecule has 0 fully saturated rings. The zero-order chi connectivity index (χ0) is 12.1. The zero-order valence-corrected chi connectivity index (χ0v) is 9.95. The molecule has 0 aliphatic rings. The molecule has 0 bridgehead atoms. The second-order valence-corrected chi connectivity index (χ2v) is 4.05. The predicted octanol–water partition coefficient (Wildman–Crippen LogP) is 1.96. The van der Waals surface area contributed by atoms with E-state index in [-0.39, 0.29) is 0 Å². The second kappa shape index (κ2) is 5.59. The molecule has 1 unspecified atom stereocenters. The van der Waals surface area contributed by atoms with Crippen molar-refractivity contribution in [1.29, 1.82) is 0 Å². The van der Waals surface area contributed by atoms with Crippen LogP contribution in [0, 0.1) is 0 Å². The van der Waals surface area contributed by atoms with E-state index in [0.717, 1.165) is 24.4 Å². The van der Waals surface area contributed by atoms with Crippen molar-refractivity contribution in [3.63, 3.8) is 0 Å². The third-order valence-electron chi connectivity index (χ3n) is 2.68. The summed E-state index contributed by atoms with van der Waals surface area (Å²) in [5.74, 6) is 0. The maximum Gasteiger partial charge on any atom is 0.101 e. The summed E-state index contributed by atoms with van der Waals surface area (Å²) in [6.45, 7) is 2.99. The van der Waals surface area contributed by atoms with Gasteiger partial charge in [0.2, 0.25) is 0 Å². The Morgan fingerprint density at radius 3 is 3.00 bits per heavy atom. The normalized spacial score (nSPS) is 12.6. The molecule has 2 heterocycles. The molecule has 90 valence electrons. The smallest absolute Gasteiger partial charge is 0.101 e. The molecule has 4 nitrogen and oxygen atoms in total. The van der Waals surface area contributed by atoms with Crippen LogP contribution in [0.4, 0.5) is 0 Å². The van der Waals surface area contributed by atoms with E-state index in [1.807, 2.05) is 22.8 Å². The number of aliphatic hydroxyl groups excluding tert-OH is 1. The highest BCUT2D eigenvalue weighted by Gasteiger charge is 2.13. The number of hydrogen-bond donors (Lipinski definition) is 1. The van der Waals surface area contributed by atoms with Gasteiger partial charge in [0.15, 0.2) is 0 Å². The second-order valence-electron chi connectivity index (χ2n) is 4.05. The maximum atomic E-state index is 10.2. The number of aliphatic hydroxyl groups is 1. The lowest BCUT2D eigenvalue weighted by Crippen LogP contribution is -2.09. The van der Waals surface area contributed by atoms with Crippen molar-refractivity contribution >= 4 is 0 Å². The van der Waals surface area contributed by atoms with E-state index < -0.39 is 6.10 Å². The molecule has 0 radical (unpaired) electrons. The fraction of sp³-hybridized carbons (Fsp3) is 0.385. The van der Waals surface area contributed by atoms with Gasteiger partial charge in [0.1, 0.15) is 6.10 Å². The predicted molar refractivity (Wildman–Crippen MR) is 65.4 cm³/mol. The summed E-state index contributed by atoms with van der Waals surface area (Å²) in [6.07, 6.45) is 6.24. The molecule has 0 aliphatic heterocycles. The van der Waals surface area contributed by atoms with Crippen LogP contribution >= 0.6 is 0 Å². The molecular formula is C13H17N3O. The van der Waals surface area contributed by atoms with E-state index in [2.05, 4.69) is 16.9 Å². The van der Waals surface area contributed by atoms with Crippen LogP contribution in [0.5, 0.6) is 0 Å². The van der Waals surface area contributed by atoms with Crippen LogP contribution in [0.2, 0.25) is 0 Å². The third kappa shape index (κ3) is 2.91. The fourth-order valence-corrected chi connectivity index (χ4v) is 1.86. The van der Waals surface area contributed by atoms with E-state index >= 15 is 0 Å². The van der Waals surface area contributed by atoms with Crippen molar-refractivity contribution in [2.45, 2.75) is 32.4 Å². The Morgan fingerprint density at radius 2 is 2.29 bits per heavy atom. The van der Waals surface area contributed by atoms with E-state index in [0.29, 0.717) is 6.42 Å². The SMILES string of the molecule is CCCn1cncc1C(O)Cc1ccccn1. The molecule has 4 heteroatoms. The summed E-state index contributed by atoms with van der Waals surface area (Å²) in [7, 11) is 0. The van der Waals surface area contributed by atoms with Crippen LogP contribution in [-0.4, -0.2) is 19.6 Å². The highest BCUT2D eigenvalue weighted by atomic mass is 16.3. The van der Waals surface area contributed by atoms with Gasteiger partial charge in [-0.15, -0.1) is 0 Å². The van der Waals surface area contributed by atoms with Gasteiger partial charge < -0.3 is 9.67 Å². The number of rotatable bonds is 5. The molecule has 2 rings (SSSR count). The lowest BCUT2D eigenvalue weighted by molar-refractivity contribution is 0.167. The van der Waals surface area contributed by atoms with Crippen molar-refractivity contribution in [2.75, 3.05) is 0 Å². The highest BCUT2D eigenvalue weighted by Crippen LogP contribution is 2.17. The number of aromatic nitrogens is 3. The average molecular weight is 231 g/mol. The Labute approximate surface area is 101 Å². The van der Waals surface area contributed by atoms with Gasteiger partial charge in [0.05, 0.1) is 18.2 Å². The molecule has 0 aliphatic carbocycles. The first-order valence-corrected chi connectivity index (χ1v) is 5.89. The number of nitrogens with zero attached hydrogens (tertiary/aromatic N) is 3. The Hall–Kier alpha value is -1.68. The van der Waals surface area contributed by atoms with Crippen molar-refractivity contribution in [3.8, 4) is 0 Å². The minimum atomic E-state index is -0.543. The van der Waals surface area contributed by atoms with Crippen LogP contribution in [0.25, 0.3) is 0 Å². The molecule has 0 saturated heterocycles. The van der Waals surface area contributed by atoms with Gasteiger partial charge in [0, 0.05) is 24.9 Å². The van der Waals surface area contributed by atoms with Gasteiger partial charge in [-0.2, -0.15) is 0 Å². The van der Waals surface area contributed by atoms with Gasteiger partial charge >= 0.3 is 0 Å². The van der Waals surface area contributed by atoms with Crippen molar-refractivity contribution < 1.29 is 5.11 Å². The highest BCUT2D eigenvalue weighted by molar-refractivity contribution is 5.10. The molecule has 17 heavy (non-hydrogen) atoms. The topological polar surface area (TPSA) is 50.9 Å². The third-order valence-corrected chi connectivity index (χ3v) is 2.68. The van der Waals surface area contributed by atoms with E-state index in [9.17, 15) is 5.11 Å². The molecule has 1 N–H and O–H groups in total. The van der Waals surface area contributed by atoms with Crippen LogP contribution < -0.4 is 0 Å². The first-order chi connectivity index (χ1) is 8.31. The van der Waals surface area contributed by atoms with Gasteiger partial charge in [-0.3, -0.25) is 4.98 Å². The summed E-state index contributed by atoms with van der Waals surface area (Å²) < 4.78 is 1.99. The Kier molecular flexibility index (Phi) is 3.88. The monoisotopic (exact) mass is 231 g/mol. The van der Waals surface area contributed by atoms with E-state index in [4.69, 9.17) is 0 Å².